The monoisotopic (exact) mass is 299 g/mol. The second kappa shape index (κ2) is 5.17. The summed E-state index contributed by atoms with van der Waals surface area (Å²) in [6.45, 7) is 8.13. The van der Waals surface area contributed by atoms with Crippen LogP contribution in [0.1, 0.15) is 34.6 Å². The minimum absolute atomic E-state index is 0.150. The molecular formula is C13H20BF2N3O2. The van der Waals surface area contributed by atoms with Gasteiger partial charge >= 0.3 is 7.12 Å². The summed E-state index contributed by atoms with van der Waals surface area (Å²) in [6, 6.07) is 0. The Balaban J connectivity index is 2.04. The molecule has 1 aromatic rings. The summed E-state index contributed by atoms with van der Waals surface area (Å²) in [7, 11) is -0.559. The predicted octanol–water partition coefficient (Wildman–Crippen LogP) is 1.84. The van der Waals surface area contributed by atoms with Gasteiger partial charge < -0.3 is 14.6 Å². The van der Waals surface area contributed by atoms with E-state index in [-0.39, 0.29) is 5.95 Å². The van der Waals surface area contributed by atoms with Crippen molar-refractivity contribution in [1.82, 2.24) is 9.97 Å². The fourth-order valence-corrected chi connectivity index (χ4v) is 1.76. The lowest BCUT2D eigenvalue weighted by Crippen LogP contribution is -2.41. The van der Waals surface area contributed by atoms with Crippen molar-refractivity contribution >= 4 is 18.5 Å². The van der Waals surface area contributed by atoms with Crippen LogP contribution in [0.15, 0.2) is 12.4 Å². The Morgan fingerprint density at radius 2 is 1.62 bits per heavy atom. The van der Waals surface area contributed by atoms with E-state index in [0.29, 0.717) is 5.46 Å². The Labute approximate surface area is 123 Å². The summed E-state index contributed by atoms with van der Waals surface area (Å²) in [4.78, 5) is 8.01. The molecule has 2 heterocycles. The van der Waals surface area contributed by atoms with Crippen molar-refractivity contribution in [3.05, 3.63) is 12.4 Å². The van der Waals surface area contributed by atoms with Gasteiger partial charge in [-0.15, -0.1) is 0 Å². The average molecular weight is 299 g/mol. The maximum Gasteiger partial charge on any atom is 0.498 e. The van der Waals surface area contributed by atoms with Gasteiger partial charge in [-0.25, -0.2) is 18.7 Å². The third kappa shape index (κ3) is 3.68. The van der Waals surface area contributed by atoms with Crippen LogP contribution in [-0.2, 0) is 9.31 Å². The number of hydrogen-bond acceptors (Lipinski definition) is 5. The molecular weight excluding hydrogens is 279 g/mol. The molecule has 1 saturated heterocycles. The van der Waals surface area contributed by atoms with Crippen molar-refractivity contribution < 1.29 is 18.1 Å². The fraction of sp³-hybridized carbons (Fsp3) is 0.692. The molecule has 0 aromatic carbocycles. The van der Waals surface area contributed by atoms with Gasteiger partial charge in [0.2, 0.25) is 5.95 Å². The maximum absolute atomic E-state index is 12.7. The fourth-order valence-electron chi connectivity index (χ4n) is 1.76. The summed E-state index contributed by atoms with van der Waals surface area (Å²) in [6.07, 6.45) is 3.04. The summed E-state index contributed by atoms with van der Waals surface area (Å²) < 4.78 is 37.2. The number of alkyl halides is 2. The highest BCUT2D eigenvalue weighted by atomic mass is 19.3. The van der Waals surface area contributed by atoms with Gasteiger partial charge in [-0.3, -0.25) is 0 Å². The molecule has 5 nitrogen and oxygen atoms in total. The molecule has 8 heteroatoms. The van der Waals surface area contributed by atoms with Crippen LogP contribution in [-0.4, -0.2) is 40.8 Å². The normalized spacial score (nSPS) is 20.6. The molecule has 0 atom stereocenters. The van der Waals surface area contributed by atoms with Crippen LogP contribution in [0.5, 0.6) is 0 Å². The molecule has 1 aromatic heterocycles. The Bertz CT molecular complexity index is 487. The van der Waals surface area contributed by atoms with E-state index < -0.39 is 30.8 Å². The van der Waals surface area contributed by atoms with E-state index in [1.54, 1.807) is 0 Å². The molecule has 1 aliphatic rings. The molecule has 116 valence electrons. The molecule has 0 unspecified atom stereocenters. The zero-order valence-electron chi connectivity index (χ0n) is 12.9. The largest absolute Gasteiger partial charge is 0.498 e. The zero-order chi connectivity index (χ0) is 15.9. The van der Waals surface area contributed by atoms with E-state index >= 15 is 0 Å². The van der Waals surface area contributed by atoms with Crippen molar-refractivity contribution in [3.8, 4) is 0 Å². The number of hydrogen-bond donors (Lipinski definition) is 1. The minimum atomic E-state index is -2.81. The third-order valence-corrected chi connectivity index (χ3v) is 3.75. The smallest absolute Gasteiger partial charge is 0.399 e. The van der Waals surface area contributed by atoms with Crippen molar-refractivity contribution in [1.29, 1.82) is 0 Å². The molecule has 2 rings (SSSR count). The van der Waals surface area contributed by atoms with E-state index in [4.69, 9.17) is 9.31 Å². The summed E-state index contributed by atoms with van der Waals surface area (Å²) in [5.74, 6) is -2.66. The van der Waals surface area contributed by atoms with Gasteiger partial charge in [-0.05, 0) is 27.7 Å². The first-order valence-electron chi connectivity index (χ1n) is 6.79. The molecule has 0 aliphatic carbocycles. The van der Waals surface area contributed by atoms with Gasteiger partial charge in [-0.1, -0.05) is 0 Å². The summed E-state index contributed by atoms with van der Waals surface area (Å²) in [5, 5.41) is 2.48. The van der Waals surface area contributed by atoms with Crippen molar-refractivity contribution in [2.24, 2.45) is 0 Å². The van der Waals surface area contributed by atoms with Crippen LogP contribution in [0.3, 0.4) is 0 Å². The minimum Gasteiger partial charge on any atom is -0.399 e. The maximum atomic E-state index is 12.7. The first-order valence-corrected chi connectivity index (χ1v) is 6.79. The zero-order valence-corrected chi connectivity index (χ0v) is 12.9. The van der Waals surface area contributed by atoms with Gasteiger partial charge in [0, 0.05) is 24.8 Å². The number of anilines is 1. The van der Waals surface area contributed by atoms with Gasteiger partial charge in [0.15, 0.2) is 0 Å². The van der Waals surface area contributed by atoms with E-state index in [1.807, 2.05) is 27.7 Å². The molecule has 1 fully saturated rings. The summed E-state index contributed by atoms with van der Waals surface area (Å²) >= 11 is 0. The van der Waals surface area contributed by atoms with Crippen LogP contribution in [0.2, 0.25) is 0 Å². The second-order valence-corrected chi connectivity index (χ2v) is 6.35. The highest BCUT2D eigenvalue weighted by Crippen LogP contribution is 2.36. The molecule has 0 saturated carbocycles. The molecule has 1 aliphatic heterocycles. The van der Waals surface area contributed by atoms with Gasteiger partial charge in [0.1, 0.15) is 0 Å². The van der Waals surface area contributed by atoms with Gasteiger partial charge in [0.05, 0.1) is 17.7 Å². The quantitative estimate of drug-likeness (QED) is 0.860. The van der Waals surface area contributed by atoms with Crippen LogP contribution in [0, 0.1) is 0 Å². The van der Waals surface area contributed by atoms with E-state index in [9.17, 15) is 8.78 Å². The first kappa shape index (κ1) is 16.1. The second-order valence-electron chi connectivity index (χ2n) is 6.35. The van der Waals surface area contributed by atoms with Gasteiger partial charge in [-0.2, -0.15) is 0 Å². The Morgan fingerprint density at radius 1 is 1.14 bits per heavy atom. The highest BCUT2D eigenvalue weighted by molar-refractivity contribution is 6.61. The van der Waals surface area contributed by atoms with Crippen LogP contribution < -0.4 is 10.8 Å². The average Bonchev–Trinajstić information content (AvgIpc) is 2.56. The number of rotatable bonds is 4. The van der Waals surface area contributed by atoms with Crippen molar-refractivity contribution in [2.75, 3.05) is 11.9 Å². The topological polar surface area (TPSA) is 56.3 Å². The molecule has 0 spiro atoms. The molecule has 1 N–H and O–H groups in total. The standard InChI is InChI=1S/C13H20BF2N3O2/c1-11(2)12(3,4)21-14(20-11)9-6-17-10(18-7-9)19-8-13(5,15)16/h6-7H,8H2,1-5H3,(H,17,18,19). The molecule has 0 amide bonds. The number of aromatic nitrogens is 2. The van der Waals surface area contributed by atoms with Gasteiger partial charge in [0.25, 0.3) is 5.92 Å². The number of nitrogens with zero attached hydrogens (tertiary/aromatic N) is 2. The lowest BCUT2D eigenvalue weighted by Gasteiger charge is -2.32. The lowest BCUT2D eigenvalue weighted by atomic mass is 9.81. The molecule has 21 heavy (non-hydrogen) atoms. The molecule has 0 radical (unpaired) electrons. The van der Waals surface area contributed by atoms with E-state index in [2.05, 4.69) is 15.3 Å². The third-order valence-electron chi connectivity index (χ3n) is 3.75. The van der Waals surface area contributed by atoms with Crippen molar-refractivity contribution in [2.45, 2.75) is 51.7 Å². The highest BCUT2D eigenvalue weighted by Gasteiger charge is 2.51. The number of halogens is 2. The summed E-state index contributed by atoms with van der Waals surface area (Å²) in [5.41, 5.74) is -0.236. The van der Waals surface area contributed by atoms with Crippen LogP contribution >= 0.6 is 0 Å². The Hall–Kier alpha value is -1.28. The van der Waals surface area contributed by atoms with E-state index in [1.165, 1.54) is 12.4 Å². The molecule has 0 bridgehead atoms. The Morgan fingerprint density at radius 3 is 2.05 bits per heavy atom. The SMILES string of the molecule is CC(F)(F)CNc1ncc(B2OC(C)(C)C(C)(C)O2)cn1. The Kier molecular flexibility index (Phi) is 3.97. The van der Waals surface area contributed by atoms with Crippen molar-refractivity contribution in [3.63, 3.8) is 0 Å². The first-order chi connectivity index (χ1) is 9.50. The predicted molar refractivity (Wildman–Crippen MR) is 76.9 cm³/mol. The van der Waals surface area contributed by atoms with Crippen LogP contribution in [0.4, 0.5) is 14.7 Å². The van der Waals surface area contributed by atoms with Crippen LogP contribution in [0.25, 0.3) is 0 Å². The number of nitrogens with one attached hydrogen (secondary N) is 1. The van der Waals surface area contributed by atoms with E-state index in [0.717, 1.165) is 6.92 Å². The lowest BCUT2D eigenvalue weighted by molar-refractivity contribution is 0.00578.